The Hall–Kier alpha value is -1.10. The highest BCUT2D eigenvalue weighted by atomic mass is 35.5. The van der Waals surface area contributed by atoms with Crippen LogP contribution in [0.4, 0.5) is 0 Å². The molecule has 0 unspecified atom stereocenters. The lowest BCUT2D eigenvalue weighted by molar-refractivity contribution is 0.187. The Bertz CT molecular complexity index is 510. The molecule has 0 bridgehead atoms. The maximum absolute atomic E-state index is 6.02. The van der Waals surface area contributed by atoms with Gasteiger partial charge in [0.15, 0.2) is 0 Å². The molecule has 5 heteroatoms. The average molecular weight is 254 g/mol. The minimum absolute atomic E-state index is 0.661. The van der Waals surface area contributed by atoms with Crippen molar-refractivity contribution >= 4 is 22.6 Å². The molecule has 0 aliphatic carbocycles. The number of methoxy groups -OCH3 is 1. The molecule has 0 fully saturated rings. The van der Waals surface area contributed by atoms with E-state index in [0.29, 0.717) is 6.61 Å². The molecule has 17 heavy (non-hydrogen) atoms. The molecule has 0 aliphatic heterocycles. The highest BCUT2D eigenvalue weighted by Crippen LogP contribution is 2.20. The number of rotatable bonds is 5. The highest BCUT2D eigenvalue weighted by molar-refractivity contribution is 6.31. The van der Waals surface area contributed by atoms with Crippen LogP contribution in [-0.2, 0) is 17.8 Å². The topological polar surface area (TPSA) is 39.1 Å². The lowest BCUT2D eigenvalue weighted by atomic mass is 10.3. The van der Waals surface area contributed by atoms with Crippen molar-refractivity contribution < 1.29 is 4.74 Å². The zero-order chi connectivity index (χ0) is 12.3. The van der Waals surface area contributed by atoms with Gasteiger partial charge in [-0.05, 0) is 25.2 Å². The second-order valence-corrected chi connectivity index (χ2v) is 4.27. The highest BCUT2D eigenvalue weighted by Gasteiger charge is 2.10. The van der Waals surface area contributed by atoms with Crippen LogP contribution in [0.1, 0.15) is 5.82 Å². The van der Waals surface area contributed by atoms with E-state index < -0.39 is 0 Å². The molecule has 2 aromatic rings. The molecule has 1 aromatic carbocycles. The van der Waals surface area contributed by atoms with E-state index in [0.717, 1.165) is 35.0 Å². The maximum Gasteiger partial charge on any atom is 0.123 e. The first-order chi connectivity index (χ1) is 8.26. The molecule has 0 saturated carbocycles. The average Bonchev–Trinajstić information content (AvgIpc) is 2.64. The summed E-state index contributed by atoms with van der Waals surface area (Å²) in [5, 5.41) is 3.85. The molecule has 4 nitrogen and oxygen atoms in total. The summed E-state index contributed by atoms with van der Waals surface area (Å²) in [5.74, 6) is 1.00. The quantitative estimate of drug-likeness (QED) is 0.887. The number of imidazole rings is 1. The third-order valence-electron chi connectivity index (χ3n) is 2.64. The minimum atomic E-state index is 0.661. The van der Waals surface area contributed by atoms with Crippen molar-refractivity contribution in [2.75, 3.05) is 20.8 Å². The summed E-state index contributed by atoms with van der Waals surface area (Å²) < 4.78 is 7.27. The summed E-state index contributed by atoms with van der Waals surface area (Å²) in [6.07, 6.45) is 0. The van der Waals surface area contributed by atoms with Gasteiger partial charge in [0.1, 0.15) is 5.82 Å². The van der Waals surface area contributed by atoms with E-state index in [1.54, 1.807) is 7.11 Å². The first-order valence-electron chi connectivity index (χ1n) is 5.54. The van der Waals surface area contributed by atoms with Gasteiger partial charge in [0.25, 0.3) is 0 Å². The third kappa shape index (κ3) is 2.60. The molecule has 1 heterocycles. The van der Waals surface area contributed by atoms with Gasteiger partial charge in [-0.2, -0.15) is 0 Å². The van der Waals surface area contributed by atoms with Gasteiger partial charge in [0.2, 0.25) is 0 Å². The Kier molecular flexibility index (Phi) is 3.99. The summed E-state index contributed by atoms with van der Waals surface area (Å²) in [4.78, 5) is 4.58. The lowest BCUT2D eigenvalue weighted by Gasteiger charge is -2.08. The van der Waals surface area contributed by atoms with Gasteiger partial charge >= 0.3 is 0 Å². The molecule has 92 valence electrons. The number of nitrogens with one attached hydrogen (secondary N) is 1. The maximum atomic E-state index is 6.02. The zero-order valence-electron chi connectivity index (χ0n) is 10.0. The minimum Gasteiger partial charge on any atom is -0.383 e. The van der Waals surface area contributed by atoms with E-state index in [2.05, 4.69) is 14.9 Å². The molecule has 0 atom stereocenters. The van der Waals surface area contributed by atoms with Crippen LogP contribution in [0, 0.1) is 0 Å². The fourth-order valence-electron chi connectivity index (χ4n) is 1.87. The van der Waals surface area contributed by atoms with E-state index in [1.165, 1.54) is 0 Å². The number of benzene rings is 1. The van der Waals surface area contributed by atoms with Gasteiger partial charge in [-0.3, -0.25) is 0 Å². The number of hydrogen-bond acceptors (Lipinski definition) is 3. The molecule has 0 amide bonds. The normalized spacial score (nSPS) is 11.2. The number of hydrogen-bond donors (Lipinski definition) is 1. The monoisotopic (exact) mass is 253 g/mol. The van der Waals surface area contributed by atoms with Crippen LogP contribution in [0.2, 0.25) is 5.02 Å². The largest absolute Gasteiger partial charge is 0.383 e. The van der Waals surface area contributed by atoms with Crippen molar-refractivity contribution in [2.45, 2.75) is 13.1 Å². The molecular weight excluding hydrogens is 238 g/mol. The van der Waals surface area contributed by atoms with Gasteiger partial charge in [-0.25, -0.2) is 4.98 Å². The summed E-state index contributed by atoms with van der Waals surface area (Å²) in [7, 11) is 3.61. The van der Waals surface area contributed by atoms with E-state index in [1.807, 2.05) is 25.2 Å². The van der Waals surface area contributed by atoms with Crippen LogP contribution in [0.5, 0.6) is 0 Å². The Morgan fingerprint density at radius 2 is 2.29 bits per heavy atom. The van der Waals surface area contributed by atoms with Crippen molar-refractivity contribution in [1.82, 2.24) is 14.9 Å². The first-order valence-corrected chi connectivity index (χ1v) is 5.92. The second-order valence-electron chi connectivity index (χ2n) is 3.84. The number of ether oxygens (including phenoxy) is 1. The van der Waals surface area contributed by atoms with Crippen molar-refractivity contribution in [3.8, 4) is 0 Å². The standard InChI is InChI=1S/C12H16ClN3O/c1-14-8-12-15-10-4-3-9(13)7-11(10)16(12)5-6-17-2/h3-4,7,14H,5-6,8H2,1-2H3. The van der Waals surface area contributed by atoms with Crippen molar-refractivity contribution in [1.29, 1.82) is 0 Å². The summed E-state index contributed by atoms with van der Waals surface area (Å²) in [5.41, 5.74) is 2.02. The van der Waals surface area contributed by atoms with Crippen LogP contribution in [0.3, 0.4) is 0 Å². The Labute approximate surface area is 106 Å². The van der Waals surface area contributed by atoms with Crippen molar-refractivity contribution in [3.05, 3.63) is 29.0 Å². The van der Waals surface area contributed by atoms with E-state index in [4.69, 9.17) is 16.3 Å². The van der Waals surface area contributed by atoms with Gasteiger partial charge in [0.05, 0.1) is 24.2 Å². The first kappa shape index (κ1) is 12.4. The van der Waals surface area contributed by atoms with Crippen LogP contribution in [-0.4, -0.2) is 30.3 Å². The molecule has 1 aromatic heterocycles. The molecule has 1 N–H and O–H groups in total. The molecule has 0 aliphatic rings. The van der Waals surface area contributed by atoms with Crippen molar-refractivity contribution in [3.63, 3.8) is 0 Å². The van der Waals surface area contributed by atoms with E-state index in [-0.39, 0.29) is 0 Å². The van der Waals surface area contributed by atoms with Crippen LogP contribution >= 0.6 is 11.6 Å². The number of aromatic nitrogens is 2. The van der Waals surface area contributed by atoms with Gasteiger partial charge < -0.3 is 14.6 Å². The fourth-order valence-corrected chi connectivity index (χ4v) is 2.04. The van der Waals surface area contributed by atoms with Crippen LogP contribution in [0.15, 0.2) is 18.2 Å². The smallest absolute Gasteiger partial charge is 0.123 e. The van der Waals surface area contributed by atoms with E-state index in [9.17, 15) is 0 Å². The van der Waals surface area contributed by atoms with Crippen molar-refractivity contribution in [2.24, 2.45) is 0 Å². The van der Waals surface area contributed by atoms with Crippen LogP contribution < -0.4 is 5.32 Å². The SMILES string of the molecule is CNCc1nc2ccc(Cl)cc2n1CCOC. The Balaban J connectivity index is 2.47. The Morgan fingerprint density at radius 3 is 3.00 bits per heavy atom. The summed E-state index contributed by atoms with van der Waals surface area (Å²) >= 11 is 6.02. The molecular formula is C12H16ClN3O. The third-order valence-corrected chi connectivity index (χ3v) is 2.88. The molecule has 0 radical (unpaired) electrons. The van der Waals surface area contributed by atoms with Gasteiger partial charge in [0, 0.05) is 18.7 Å². The van der Waals surface area contributed by atoms with E-state index >= 15 is 0 Å². The molecule has 2 rings (SSSR count). The number of fused-ring (bicyclic) bond motifs is 1. The van der Waals surface area contributed by atoms with Gasteiger partial charge in [-0.1, -0.05) is 11.6 Å². The summed E-state index contributed by atoms with van der Waals surface area (Å²) in [6.45, 7) is 2.18. The predicted molar refractivity (Wildman–Crippen MR) is 69.4 cm³/mol. The predicted octanol–water partition coefficient (Wildman–Crippen LogP) is 2.06. The second kappa shape index (κ2) is 5.49. The summed E-state index contributed by atoms with van der Waals surface area (Å²) in [6, 6.07) is 5.75. The van der Waals surface area contributed by atoms with Crippen LogP contribution in [0.25, 0.3) is 11.0 Å². The number of nitrogens with zero attached hydrogens (tertiary/aromatic N) is 2. The molecule has 0 saturated heterocycles. The number of halogens is 1. The fraction of sp³-hybridized carbons (Fsp3) is 0.417. The Morgan fingerprint density at radius 1 is 1.47 bits per heavy atom. The van der Waals surface area contributed by atoms with Gasteiger partial charge in [-0.15, -0.1) is 0 Å². The lowest BCUT2D eigenvalue weighted by Crippen LogP contribution is -2.14. The molecule has 0 spiro atoms. The zero-order valence-corrected chi connectivity index (χ0v) is 10.8.